The molecule has 6 nitrogen and oxygen atoms in total. The van der Waals surface area contributed by atoms with E-state index in [4.69, 9.17) is 26.4 Å². The van der Waals surface area contributed by atoms with Gasteiger partial charge in [0.2, 0.25) is 0 Å². The highest BCUT2D eigenvalue weighted by molar-refractivity contribution is 7.80. The summed E-state index contributed by atoms with van der Waals surface area (Å²) in [4.78, 5) is 12.6. The Bertz CT molecular complexity index is 1040. The largest absolute Gasteiger partial charge is 0.493 e. The fourth-order valence-electron chi connectivity index (χ4n) is 3.02. The normalized spacial score (nSPS) is 10.3. The molecule has 0 saturated heterocycles. The summed E-state index contributed by atoms with van der Waals surface area (Å²) < 4.78 is 16.7. The average Bonchev–Trinajstić information content (AvgIpc) is 2.83. The van der Waals surface area contributed by atoms with Crippen LogP contribution in [0.25, 0.3) is 0 Å². The molecular weight excluding hydrogens is 436 g/mol. The van der Waals surface area contributed by atoms with E-state index in [1.807, 2.05) is 49.4 Å². The van der Waals surface area contributed by atoms with Crippen LogP contribution in [-0.2, 0) is 11.2 Å². The number of ether oxygens (including phenoxy) is 3. The molecule has 33 heavy (non-hydrogen) atoms. The van der Waals surface area contributed by atoms with Crippen LogP contribution in [0.15, 0.2) is 78.9 Å². The molecule has 0 atom stereocenters. The molecule has 0 aliphatic rings. The number of carbonyl (C=O) groups excluding carboxylic acids is 1. The minimum absolute atomic E-state index is 0.198. The molecule has 0 bridgehead atoms. The molecule has 0 unspecified atom stereocenters. The smallest absolute Gasteiger partial charge is 0.257 e. The maximum atomic E-state index is 12.6. The second kappa shape index (κ2) is 13.2. The van der Waals surface area contributed by atoms with E-state index in [0.29, 0.717) is 37.7 Å². The molecule has 3 aromatic carbocycles. The van der Waals surface area contributed by atoms with Gasteiger partial charge < -0.3 is 19.5 Å². The molecule has 3 aromatic rings. The number of hydrogen-bond donors (Lipinski definition) is 2. The Labute approximate surface area is 199 Å². The summed E-state index contributed by atoms with van der Waals surface area (Å²) in [7, 11) is 0. The van der Waals surface area contributed by atoms with Gasteiger partial charge in [-0.15, -0.1) is 0 Å². The molecule has 0 aliphatic carbocycles. The van der Waals surface area contributed by atoms with Gasteiger partial charge in [0.15, 0.2) is 5.11 Å². The lowest BCUT2D eigenvalue weighted by Gasteiger charge is -2.12. The maximum absolute atomic E-state index is 12.6. The van der Waals surface area contributed by atoms with Crippen LogP contribution in [0.2, 0.25) is 0 Å². The Kier molecular flexibility index (Phi) is 9.69. The molecule has 7 heteroatoms. The van der Waals surface area contributed by atoms with Crippen molar-refractivity contribution >= 4 is 28.9 Å². The molecule has 172 valence electrons. The molecule has 0 aromatic heterocycles. The Balaban J connectivity index is 1.48. The molecule has 0 radical (unpaired) electrons. The summed E-state index contributed by atoms with van der Waals surface area (Å²) in [6.07, 6.45) is 0.821. The van der Waals surface area contributed by atoms with Gasteiger partial charge in [-0.3, -0.25) is 10.1 Å². The standard InChI is InChI=1S/C26H28N2O4S/c1-2-30-16-17-32-23-12-6-10-21(18-23)25(29)28-26(33)27-22-11-7-13-24(19-22)31-15-14-20-8-4-3-5-9-20/h3-13,18-19H,2,14-17H2,1H3,(H2,27,28,29,33). The zero-order valence-corrected chi connectivity index (χ0v) is 19.4. The third kappa shape index (κ3) is 8.56. The van der Waals surface area contributed by atoms with Crippen LogP contribution in [0.3, 0.4) is 0 Å². The van der Waals surface area contributed by atoms with Crippen LogP contribution < -0.4 is 20.1 Å². The predicted octanol–water partition coefficient (Wildman–Crippen LogP) is 4.85. The molecular formula is C26H28N2O4S. The zero-order chi connectivity index (χ0) is 23.3. The van der Waals surface area contributed by atoms with Gasteiger partial charge in [0.1, 0.15) is 18.1 Å². The van der Waals surface area contributed by atoms with Crippen LogP contribution >= 0.6 is 12.2 Å². The minimum atomic E-state index is -0.321. The molecule has 3 rings (SSSR count). The molecule has 1 amide bonds. The van der Waals surface area contributed by atoms with Crippen LogP contribution in [-0.4, -0.2) is 37.4 Å². The number of hydrogen-bond acceptors (Lipinski definition) is 5. The van der Waals surface area contributed by atoms with Crippen molar-refractivity contribution in [2.75, 3.05) is 31.7 Å². The first-order valence-corrected chi connectivity index (χ1v) is 11.2. The van der Waals surface area contributed by atoms with Crippen molar-refractivity contribution in [1.29, 1.82) is 0 Å². The zero-order valence-electron chi connectivity index (χ0n) is 18.6. The van der Waals surface area contributed by atoms with Crippen LogP contribution in [0.4, 0.5) is 5.69 Å². The fraction of sp³-hybridized carbons (Fsp3) is 0.231. The summed E-state index contributed by atoms with van der Waals surface area (Å²) in [6.45, 7) is 4.05. The van der Waals surface area contributed by atoms with E-state index in [0.717, 1.165) is 17.9 Å². The van der Waals surface area contributed by atoms with Crippen LogP contribution in [0.1, 0.15) is 22.8 Å². The van der Waals surface area contributed by atoms with Crippen molar-refractivity contribution in [2.24, 2.45) is 0 Å². The molecule has 0 spiro atoms. The van der Waals surface area contributed by atoms with E-state index in [1.54, 1.807) is 24.3 Å². The third-order valence-corrected chi connectivity index (χ3v) is 4.82. The van der Waals surface area contributed by atoms with E-state index < -0.39 is 0 Å². The lowest BCUT2D eigenvalue weighted by molar-refractivity contribution is 0.0976. The van der Waals surface area contributed by atoms with Gasteiger partial charge in [-0.05, 0) is 55.0 Å². The highest BCUT2D eigenvalue weighted by Gasteiger charge is 2.10. The van der Waals surface area contributed by atoms with Crippen molar-refractivity contribution < 1.29 is 19.0 Å². The van der Waals surface area contributed by atoms with Crippen molar-refractivity contribution in [2.45, 2.75) is 13.3 Å². The van der Waals surface area contributed by atoms with Gasteiger partial charge in [-0.25, -0.2) is 0 Å². The van der Waals surface area contributed by atoms with E-state index in [1.165, 1.54) is 5.56 Å². The molecule has 0 aliphatic heterocycles. The maximum Gasteiger partial charge on any atom is 0.257 e. The van der Waals surface area contributed by atoms with E-state index in [9.17, 15) is 4.79 Å². The summed E-state index contributed by atoms with van der Waals surface area (Å²) >= 11 is 5.31. The SMILES string of the molecule is CCOCCOc1cccc(C(=O)NC(=S)Nc2cccc(OCCc3ccccc3)c2)c1. The average molecular weight is 465 g/mol. The molecule has 2 N–H and O–H groups in total. The summed E-state index contributed by atoms with van der Waals surface area (Å²) in [5.74, 6) is 1.00. The van der Waals surface area contributed by atoms with Gasteiger partial charge >= 0.3 is 0 Å². The third-order valence-electron chi connectivity index (χ3n) is 4.62. The van der Waals surface area contributed by atoms with Gasteiger partial charge in [0, 0.05) is 30.3 Å². The number of thiocarbonyl (C=S) groups is 1. The highest BCUT2D eigenvalue weighted by atomic mass is 32.1. The van der Waals surface area contributed by atoms with E-state index in [2.05, 4.69) is 22.8 Å². The van der Waals surface area contributed by atoms with Crippen molar-refractivity contribution in [1.82, 2.24) is 5.32 Å². The molecule has 0 saturated carbocycles. The first-order chi connectivity index (χ1) is 16.1. The molecule has 0 heterocycles. The van der Waals surface area contributed by atoms with Gasteiger partial charge in [-0.2, -0.15) is 0 Å². The van der Waals surface area contributed by atoms with Crippen molar-refractivity contribution in [3.63, 3.8) is 0 Å². The predicted molar refractivity (Wildman–Crippen MR) is 134 cm³/mol. The Morgan fingerprint density at radius 1 is 0.848 bits per heavy atom. The monoisotopic (exact) mass is 464 g/mol. The van der Waals surface area contributed by atoms with Gasteiger partial charge in [0.25, 0.3) is 5.91 Å². The fourth-order valence-corrected chi connectivity index (χ4v) is 3.23. The lowest BCUT2D eigenvalue weighted by Crippen LogP contribution is -2.34. The summed E-state index contributed by atoms with van der Waals surface area (Å²) in [5, 5.41) is 5.92. The Hall–Kier alpha value is -3.42. The van der Waals surface area contributed by atoms with E-state index in [-0.39, 0.29) is 11.0 Å². The number of amides is 1. The van der Waals surface area contributed by atoms with Crippen LogP contribution in [0, 0.1) is 0 Å². The number of benzene rings is 3. The second-order valence-corrected chi connectivity index (χ2v) is 7.50. The number of nitrogens with one attached hydrogen (secondary N) is 2. The van der Waals surface area contributed by atoms with Crippen molar-refractivity contribution in [3.8, 4) is 11.5 Å². The first kappa shape index (κ1) is 24.2. The quantitative estimate of drug-likeness (QED) is 0.312. The summed E-state index contributed by atoms with van der Waals surface area (Å²) in [6, 6.07) is 24.6. The van der Waals surface area contributed by atoms with E-state index >= 15 is 0 Å². The Morgan fingerprint density at radius 3 is 2.36 bits per heavy atom. The number of rotatable bonds is 11. The van der Waals surface area contributed by atoms with Crippen molar-refractivity contribution in [3.05, 3.63) is 90.0 Å². The van der Waals surface area contributed by atoms with Gasteiger partial charge in [0.05, 0.1) is 13.2 Å². The molecule has 0 fully saturated rings. The van der Waals surface area contributed by atoms with Gasteiger partial charge in [-0.1, -0.05) is 42.5 Å². The highest BCUT2D eigenvalue weighted by Crippen LogP contribution is 2.18. The topological polar surface area (TPSA) is 68.8 Å². The second-order valence-electron chi connectivity index (χ2n) is 7.09. The summed E-state index contributed by atoms with van der Waals surface area (Å²) in [5.41, 5.74) is 2.40. The lowest BCUT2D eigenvalue weighted by atomic mass is 10.2. The minimum Gasteiger partial charge on any atom is -0.493 e. The van der Waals surface area contributed by atoms with Crippen LogP contribution in [0.5, 0.6) is 11.5 Å². The Morgan fingerprint density at radius 2 is 1.58 bits per heavy atom. The number of carbonyl (C=O) groups is 1. The number of anilines is 1. The first-order valence-electron chi connectivity index (χ1n) is 10.8.